The van der Waals surface area contributed by atoms with Gasteiger partial charge in [-0.15, -0.1) is 0 Å². The van der Waals surface area contributed by atoms with Gasteiger partial charge >= 0.3 is 0 Å². The van der Waals surface area contributed by atoms with E-state index in [1.54, 1.807) is 11.8 Å². The van der Waals surface area contributed by atoms with Crippen molar-refractivity contribution in [3.8, 4) is 22.8 Å². The van der Waals surface area contributed by atoms with Crippen LogP contribution < -0.4 is 9.47 Å². The van der Waals surface area contributed by atoms with Gasteiger partial charge in [-0.1, -0.05) is 0 Å². The summed E-state index contributed by atoms with van der Waals surface area (Å²) in [7, 11) is 1.66. The molecule has 0 spiro atoms. The van der Waals surface area contributed by atoms with Crippen LogP contribution in [0.15, 0.2) is 30.5 Å². The van der Waals surface area contributed by atoms with E-state index < -0.39 is 0 Å². The Bertz CT molecular complexity index is 808. The number of morpholine rings is 1. The van der Waals surface area contributed by atoms with E-state index in [2.05, 4.69) is 5.10 Å². The molecule has 150 valence electrons. The van der Waals surface area contributed by atoms with E-state index in [0.717, 1.165) is 35.6 Å². The van der Waals surface area contributed by atoms with E-state index in [9.17, 15) is 4.79 Å². The number of hydrogen-bond acceptors (Lipinski definition) is 5. The van der Waals surface area contributed by atoms with Gasteiger partial charge in [-0.25, -0.2) is 0 Å². The first-order valence-corrected chi connectivity index (χ1v) is 9.97. The fourth-order valence-corrected chi connectivity index (χ4v) is 3.77. The van der Waals surface area contributed by atoms with Crippen molar-refractivity contribution < 1.29 is 19.0 Å². The first-order valence-electron chi connectivity index (χ1n) is 9.97. The Balaban J connectivity index is 1.47. The van der Waals surface area contributed by atoms with Gasteiger partial charge in [0.05, 0.1) is 32.1 Å². The van der Waals surface area contributed by atoms with E-state index in [-0.39, 0.29) is 18.6 Å². The molecule has 7 heteroatoms. The summed E-state index contributed by atoms with van der Waals surface area (Å²) in [6, 6.07) is 7.79. The van der Waals surface area contributed by atoms with Gasteiger partial charge < -0.3 is 19.1 Å². The maximum Gasteiger partial charge on any atom is 0.244 e. The van der Waals surface area contributed by atoms with Crippen molar-refractivity contribution in [2.24, 2.45) is 0 Å². The molecule has 2 fully saturated rings. The fourth-order valence-electron chi connectivity index (χ4n) is 3.77. The van der Waals surface area contributed by atoms with Crippen LogP contribution in [0.2, 0.25) is 0 Å². The van der Waals surface area contributed by atoms with Crippen molar-refractivity contribution in [3.05, 3.63) is 30.5 Å². The number of nitrogens with zero attached hydrogens (tertiary/aromatic N) is 3. The van der Waals surface area contributed by atoms with E-state index in [4.69, 9.17) is 14.2 Å². The molecule has 0 atom stereocenters. The Kier molecular flexibility index (Phi) is 5.81. The number of rotatable bonds is 6. The molecule has 2 aromatic rings. The van der Waals surface area contributed by atoms with Gasteiger partial charge in [-0.3, -0.25) is 9.48 Å². The molecular formula is C21H27N3O4. The summed E-state index contributed by atoms with van der Waals surface area (Å²) in [4.78, 5) is 14.2. The van der Waals surface area contributed by atoms with E-state index in [1.165, 1.54) is 12.8 Å². The molecule has 0 radical (unpaired) electrons. The number of methoxy groups -OCH3 is 1. The second-order valence-electron chi connectivity index (χ2n) is 7.28. The van der Waals surface area contributed by atoms with Crippen molar-refractivity contribution in [2.75, 3.05) is 33.4 Å². The number of amides is 1. The number of carbonyl (C=O) groups is 1. The van der Waals surface area contributed by atoms with Crippen LogP contribution in [0.3, 0.4) is 0 Å². The van der Waals surface area contributed by atoms with Crippen molar-refractivity contribution >= 4 is 5.91 Å². The highest BCUT2D eigenvalue weighted by Gasteiger charge is 2.20. The topological polar surface area (TPSA) is 65.8 Å². The SMILES string of the molecule is COc1ccc(-c2ccn(CC(=O)N3CCOCC3)n2)cc1OC1CCCC1. The summed E-state index contributed by atoms with van der Waals surface area (Å²) < 4.78 is 18.6. The average molecular weight is 385 g/mol. The number of hydrogen-bond donors (Lipinski definition) is 0. The maximum absolute atomic E-state index is 12.4. The van der Waals surface area contributed by atoms with Crippen LogP contribution in [0.25, 0.3) is 11.3 Å². The van der Waals surface area contributed by atoms with Crippen LogP contribution in [0.1, 0.15) is 25.7 Å². The zero-order valence-electron chi connectivity index (χ0n) is 16.3. The van der Waals surface area contributed by atoms with Gasteiger partial charge in [0, 0.05) is 24.8 Å². The highest BCUT2D eigenvalue weighted by Crippen LogP contribution is 2.35. The lowest BCUT2D eigenvalue weighted by Crippen LogP contribution is -2.42. The van der Waals surface area contributed by atoms with Crippen LogP contribution in [0, 0.1) is 0 Å². The normalized spacial score (nSPS) is 17.7. The molecule has 2 heterocycles. The van der Waals surface area contributed by atoms with Crippen LogP contribution in [0.5, 0.6) is 11.5 Å². The van der Waals surface area contributed by atoms with Crippen LogP contribution in [-0.4, -0.2) is 60.1 Å². The molecule has 0 bridgehead atoms. The Labute approximate surface area is 165 Å². The Morgan fingerprint density at radius 1 is 1.18 bits per heavy atom. The molecule has 0 N–H and O–H groups in total. The molecule has 1 aliphatic carbocycles. The average Bonchev–Trinajstić information content (AvgIpc) is 3.41. The van der Waals surface area contributed by atoms with Crippen LogP contribution in [0.4, 0.5) is 0 Å². The van der Waals surface area contributed by atoms with Gasteiger partial charge in [0.15, 0.2) is 11.5 Å². The van der Waals surface area contributed by atoms with E-state index in [0.29, 0.717) is 26.3 Å². The van der Waals surface area contributed by atoms with Crippen LogP contribution in [-0.2, 0) is 16.1 Å². The molecule has 1 aromatic heterocycles. The summed E-state index contributed by atoms with van der Waals surface area (Å²) in [5, 5.41) is 4.59. The first kappa shape index (κ1) is 18.8. The second kappa shape index (κ2) is 8.65. The lowest BCUT2D eigenvalue weighted by Gasteiger charge is -2.26. The smallest absolute Gasteiger partial charge is 0.244 e. The Morgan fingerprint density at radius 3 is 2.71 bits per heavy atom. The third-order valence-corrected chi connectivity index (χ3v) is 5.36. The Morgan fingerprint density at radius 2 is 1.96 bits per heavy atom. The standard InChI is InChI=1S/C21H27N3O4/c1-26-19-7-6-16(14-20(19)28-17-4-2-3-5-17)18-8-9-24(22-18)15-21(25)23-10-12-27-13-11-23/h6-9,14,17H,2-5,10-13,15H2,1H3. The molecule has 1 aliphatic heterocycles. The number of ether oxygens (including phenoxy) is 3. The van der Waals surface area contributed by atoms with Gasteiger partial charge in [-0.2, -0.15) is 5.10 Å². The zero-order valence-corrected chi connectivity index (χ0v) is 16.3. The van der Waals surface area contributed by atoms with Crippen molar-refractivity contribution in [2.45, 2.75) is 38.3 Å². The molecular weight excluding hydrogens is 358 g/mol. The third kappa shape index (κ3) is 4.30. The zero-order chi connectivity index (χ0) is 19.3. The van der Waals surface area contributed by atoms with E-state index >= 15 is 0 Å². The molecule has 1 amide bonds. The highest BCUT2D eigenvalue weighted by atomic mass is 16.5. The summed E-state index contributed by atoms with van der Waals surface area (Å²) >= 11 is 0. The van der Waals surface area contributed by atoms with E-state index in [1.807, 2.05) is 35.4 Å². The maximum atomic E-state index is 12.4. The first-order chi connectivity index (χ1) is 13.7. The lowest BCUT2D eigenvalue weighted by atomic mass is 10.1. The third-order valence-electron chi connectivity index (χ3n) is 5.36. The predicted octanol–water partition coefficient (Wildman–Crippen LogP) is 2.74. The molecule has 7 nitrogen and oxygen atoms in total. The largest absolute Gasteiger partial charge is 0.493 e. The molecule has 4 rings (SSSR count). The van der Waals surface area contributed by atoms with Gasteiger partial charge in [0.1, 0.15) is 6.54 Å². The minimum absolute atomic E-state index is 0.0675. The summed E-state index contributed by atoms with van der Waals surface area (Å²) in [5.41, 5.74) is 1.76. The second-order valence-corrected chi connectivity index (χ2v) is 7.28. The van der Waals surface area contributed by atoms with Crippen LogP contribution >= 0.6 is 0 Å². The Hall–Kier alpha value is -2.54. The minimum Gasteiger partial charge on any atom is -0.493 e. The summed E-state index contributed by atoms with van der Waals surface area (Å²) in [6.07, 6.45) is 6.71. The van der Waals surface area contributed by atoms with Gasteiger partial charge in [-0.05, 0) is 49.9 Å². The molecule has 2 aliphatic rings. The number of carbonyl (C=O) groups excluding carboxylic acids is 1. The monoisotopic (exact) mass is 385 g/mol. The molecule has 1 saturated carbocycles. The summed E-state index contributed by atoms with van der Waals surface area (Å²) in [5.74, 6) is 1.56. The summed E-state index contributed by atoms with van der Waals surface area (Å²) in [6.45, 7) is 2.74. The lowest BCUT2D eigenvalue weighted by molar-refractivity contribution is -0.136. The molecule has 1 saturated heterocycles. The minimum atomic E-state index is 0.0675. The number of aromatic nitrogens is 2. The van der Waals surface area contributed by atoms with Gasteiger partial charge in [0.2, 0.25) is 5.91 Å². The van der Waals surface area contributed by atoms with Crippen molar-refractivity contribution in [3.63, 3.8) is 0 Å². The molecule has 1 aromatic carbocycles. The fraction of sp³-hybridized carbons (Fsp3) is 0.524. The van der Waals surface area contributed by atoms with Crippen molar-refractivity contribution in [1.29, 1.82) is 0 Å². The van der Waals surface area contributed by atoms with Gasteiger partial charge in [0.25, 0.3) is 0 Å². The molecule has 28 heavy (non-hydrogen) atoms. The molecule has 0 unspecified atom stereocenters. The van der Waals surface area contributed by atoms with Crippen molar-refractivity contribution in [1.82, 2.24) is 14.7 Å². The quantitative estimate of drug-likeness (QED) is 0.765. The predicted molar refractivity (Wildman–Crippen MR) is 104 cm³/mol. The highest BCUT2D eigenvalue weighted by molar-refractivity contribution is 5.76. The number of benzene rings is 1.